The highest BCUT2D eigenvalue weighted by atomic mass is 16.2. The van der Waals surface area contributed by atoms with Gasteiger partial charge >= 0.3 is 0 Å². The van der Waals surface area contributed by atoms with E-state index >= 15 is 0 Å². The molecule has 2 aromatic heterocycles. The van der Waals surface area contributed by atoms with Crippen molar-refractivity contribution in [1.29, 1.82) is 0 Å². The molecule has 2 fully saturated rings. The van der Waals surface area contributed by atoms with E-state index in [1.54, 1.807) is 6.92 Å². The van der Waals surface area contributed by atoms with Crippen molar-refractivity contribution in [2.45, 2.75) is 19.8 Å². The SMILES string of the molecule is CC(=O)N1CCN(c2ccc(Nc3nc(N4CCCC4)c4cc[nH]c4n3)cc2)CC1. The molecule has 30 heavy (non-hydrogen) atoms. The molecule has 2 aliphatic heterocycles. The first-order valence-corrected chi connectivity index (χ1v) is 10.6. The fourth-order valence-corrected chi connectivity index (χ4v) is 4.32. The highest BCUT2D eigenvalue weighted by molar-refractivity contribution is 5.89. The maximum atomic E-state index is 11.5. The summed E-state index contributed by atoms with van der Waals surface area (Å²) in [4.78, 5) is 30.8. The number of H-pyrrole nitrogens is 1. The van der Waals surface area contributed by atoms with Crippen molar-refractivity contribution >= 4 is 40.1 Å². The fourth-order valence-electron chi connectivity index (χ4n) is 4.32. The van der Waals surface area contributed by atoms with Gasteiger partial charge in [0.15, 0.2) is 0 Å². The second kappa shape index (κ2) is 7.85. The van der Waals surface area contributed by atoms with Gasteiger partial charge in [0.2, 0.25) is 11.9 Å². The molecule has 3 aromatic rings. The van der Waals surface area contributed by atoms with E-state index in [2.05, 4.69) is 49.4 Å². The average molecular weight is 406 g/mol. The molecule has 0 unspecified atom stereocenters. The molecule has 1 aromatic carbocycles. The summed E-state index contributed by atoms with van der Waals surface area (Å²) in [5, 5.41) is 4.43. The van der Waals surface area contributed by atoms with Crippen LogP contribution in [0.3, 0.4) is 0 Å². The van der Waals surface area contributed by atoms with Crippen molar-refractivity contribution < 1.29 is 4.79 Å². The molecule has 0 saturated carbocycles. The molecule has 2 aliphatic rings. The smallest absolute Gasteiger partial charge is 0.231 e. The van der Waals surface area contributed by atoms with Crippen LogP contribution in [0.5, 0.6) is 0 Å². The van der Waals surface area contributed by atoms with Gasteiger partial charge in [-0.25, -0.2) is 0 Å². The first kappa shape index (κ1) is 18.7. The van der Waals surface area contributed by atoms with E-state index in [4.69, 9.17) is 4.98 Å². The number of anilines is 4. The Kier molecular flexibility index (Phi) is 4.90. The lowest BCUT2D eigenvalue weighted by Gasteiger charge is -2.35. The number of aromatic nitrogens is 3. The average Bonchev–Trinajstić information content (AvgIpc) is 3.46. The second-order valence-corrected chi connectivity index (χ2v) is 7.97. The number of amides is 1. The lowest BCUT2D eigenvalue weighted by Crippen LogP contribution is -2.48. The second-order valence-electron chi connectivity index (χ2n) is 7.97. The van der Waals surface area contributed by atoms with Gasteiger partial charge in [-0.1, -0.05) is 0 Å². The van der Waals surface area contributed by atoms with Gasteiger partial charge in [-0.3, -0.25) is 4.79 Å². The predicted molar refractivity (Wildman–Crippen MR) is 120 cm³/mol. The Morgan fingerprint density at radius 1 is 0.933 bits per heavy atom. The molecule has 0 bridgehead atoms. The number of aromatic amines is 1. The summed E-state index contributed by atoms with van der Waals surface area (Å²) in [7, 11) is 0. The van der Waals surface area contributed by atoms with Crippen molar-refractivity contribution in [3.05, 3.63) is 36.5 Å². The summed E-state index contributed by atoms with van der Waals surface area (Å²) < 4.78 is 0. The van der Waals surface area contributed by atoms with Crippen LogP contribution in [-0.2, 0) is 4.79 Å². The number of hydrogen-bond acceptors (Lipinski definition) is 6. The maximum absolute atomic E-state index is 11.5. The minimum atomic E-state index is 0.154. The van der Waals surface area contributed by atoms with E-state index < -0.39 is 0 Å². The molecule has 4 heterocycles. The summed E-state index contributed by atoms with van der Waals surface area (Å²) in [6.45, 7) is 7.00. The quantitative estimate of drug-likeness (QED) is 0.695. The Bertz CT molecular complexity index is 1030. The van der Waals surface area contributed by atoms with Gasteiger partial charge in [-0.05, 0) is 43.2 Å². The van der Waals surface area contributed by atoms with Crippen LogP contribution >= 0.6 is 0 Å². The molecule has 8 heteroatoms. The minimum absolute atomic E-state index is 0.154. The zero-order chi connectivity index (χ0) is 20.5. The number of carbonyl (C=O) groups is 1. The summed E-state index contributed by atoms with van der Waals surface area (Å²) in [6, 6.07) is 10.4. The topological polar surface area (TPSA) is 80.4 Å². The third kappa shape index (κ3) is 3.65. The maximum Gasteiger partial charge on any atom is 0.231 e. The van der Waals surface area contributed by atoms with Crippen LogP contribution in [0, 0.1) is 0 Å². The Balaban J connectivity index is 1.31. The van der Waals surface area contributed by atoms with Gasteiger partial charge in [0, 0.05) is 63.8 Å². The lowest BCUT2D eigenvalue weighted by molar-refractivity contribution is -0.129. The molecule has 0 spiro atoms. The van der Waals surface area contributed by atoms with Gasteiger partial charge in [0.25, 0.3) is 0 Å². The minimum Gasteiger partial charge on any atom is -0.368 e. The normalized spacial score (nSPS) is 17.0. The summed E-state index contributed by atoms with van der Waals surface area (Å²) >= 11 is 0. The summed E-state index contributed by atoms with van der Waals surface area (Å²) in [5.74, 6) is 1.76. The molecule has 2 saturated heterocycles. The first-order valence-electron chi connectivity index (χ1n) is 10.6. The van der Waals surface area contributed by atoms with Crippen LogP contribution in [0.1, 0.15) is 19.8 Å². The molecule has 156 valence electrons. The molecular weight excluding hydrogens is 378 g/mol. The van der Waals surface area contributed by atoms with Crippen molar-refractivity contribution in [1.82, 2.24) is 19.9 Å². The number of carbonyl (C=O) groups excluding carboxylic acids is 1. The van der Waals surface area contributed by atoms with Gasteiger partial charge in [0.1, 0.15) is 11.5 Å². The molecular formula is C22H27N7O. The third-order valence-corrected chi connectivity index (χ3v) is 6.01. The van der Waals surface area contributed by atoms with Gasteiger partial charge in [0.05, 0.1) is 5.39 Å². The predicted octanol–water partition coefficient (Wildman–Crippen LogP) is 2.97. The van der Waals surface area contributed by atoms with Crippen molar-refractivity contribution in [3.8, 4) is 0 Å². The van der Waals surface area contributed by atoms with Crippen LogP contribution in [0.2, 0.25) is 0 Å². The van der Waals surface area contributed by atoms with E-state index in [1.807, 2.05) is 17.2 Å². The van der Waals surface area contributed by atoms with E-state index in [0.717, 1.165) is 61.8 Å². The Morgan fingerprint density at radius 3 is 2.37 bits per heavy atom. The largest absolute Gasteiger partial charge is 0.368 e. The molecule has 1 amide bonds. The Labute approximate surface area is 175 Å². The van der Waals surface area contributed by atoms with Crippen molar-refractivity contribution in [2.24, 2.45) is 0 Å². The number of benzene rings is 1. The Hall–Kier alpha value is -3.29. The zero-order valence-electron chi connectivity index (χ0n) is 17.3. The van der Waals surface area contributed by atoms with Crippen molar-refractivity contribution in [3.63, 3.8) is 0 Å². The summed E-state index contributed by atoms with van der Waals surface area (Å²) in [6.07, 6.45) is 4.34. The number of rotatable bonds is 4. The van der Waals surface area contributed by atoms with E-state index in [-0.39, 0.29) is 5.91 Å². The van der Waals surface area contributed by atoms with Crippen molar-refractivity contribution in [2.75, 3.05) is 54.4 Å². The van der Waals surface area contributed by atoms with E-state index in [1.165, 1.54) is 18.5 Å². The number of fused-ring (bicyclic) bond motifs is 1. The number of nitrogens with zero attached hydrogens (tertiary/aromatic N) is 5. The number of nitrogens with one attached hydrogen (secondary N) is 2. The number of piperazine rings is 1. The standard InChI is InChI=1S/C22H27N7O/c1-16(30)27-12-14-28(15-13-27)18-6-4-17(5-7-18)24-22-25-20-19(8-9-23-20)21(26-22)29-10-2-3-11-29/h4-9H,2-3,10-15H2,1H3,(H2,23,24,25,26). The monoisotopic (exact) mass is 405 g/mol. The highest BCUT2D eigenvalue weighted by Gasteiger charge is 2.20. The summed E-state index contributed by atoms with van der Waals surface area (Å²) in [5.41, 5.74) is 2.98. The highest BCUT2D eigenvalue weighted by Crippen LogP contribution is 2.29. The first-order chi connectivity index (χ1) is 14.7. The molecule has 5 rings (SSSR count). The fraction of sp³-hybridized carbons (Fsp3) is 0.409. The van der Waals surface area contributed by atoms with Crippen LogP contribution < -0.4 is 15.1 Å². The van der Waals surface area contributed by atoms with E-state index in [9.17, 15) is 4.79 Å². The van der Waals surface area contributed by atoms with Gasteiger partial charge in [-0.15, -0.1) is 0 Å². The van der Waals surface area contributed by atoms with Crippen LogP contribution in [0.25, 0.3) is 11.0 Å². The lowest BCUT2D eigenvalue weighted by atomic mass is 10.2. The van der Waals surface area contributed by atoms with E-state index in [0.29, 0.717) is 5.95 Å². The van der Waals surface area contributed by atoms with Crippen LogP contribution in [0.15, 0.2) is 36.5 Å². The third-order valence-electron chi connectivity index (χ3n) is 6.01. The molecule has 8 nitrogen and oxygen atoms in total. The van der Waals surface area contributed by atoms with Gasteiger partial charge < -0.3 is 25.0 Å². The molecule has 0 atom stereocenters. The number of hydrogen-bond donors (Lipinski definition) is 2. The van der Waals surface area contributed by atoms with Gasteiger partial charge in [-0.2, -0.15) is 9.97 Å². The van der Waals surface area contributed by atoms with Crippen LogP contribution in [0.4, 0.5) is 23.1 Å². The molecule has 0 aliphatic carbocycles. The molecule has 0 radical (unpaired) electrons. The van der Waals surface area contributed by atoms with Crippen LogP contribution in [-0.4, -0.2) is 65.0 Å². The molecule has 2 N–H and O–H groups in total. The Morgan fingerprint density at radius 2 is 1.67 bits per heavy atom. The zero-order valence-corrected chi connectivity index (χ0v) is 17.3.